The summed E-state index contributed by atoms with van der Waals surface area (Å²) in [5, 5.41) is 15.9. The Morgan fingerprint density at radius 2 is 1.81 bits per heavy atom. The summed E-state index contributed by atoms with van der Waals surface area (Å²) in [5.74, 6) is 2.14. The lowest BCUT2D eigenvalue weighted by Gasteiger charge is -2.27. The molecule has 3 aromatic heterocycles. The van der Waals surface area contributed by atoms with Gasteiger partial charge in [-0.25, -0.2) is 19.6 Å². The van der Waals surface area contributed by atoms with Crippen LogP contribution in [-0.2, 0) is 17.8 Å². The van der Waals surface area contributed by atoms with Gasteiger partial charge in [-0.15, -0.1) is 0 Å². The highest BCUT2D eigenvalue weighted by molar-refractivity contribution is 6.00. The molecule has 8 rings (SSSR count). The van der Waals surface area contributed by atoms with Gasteiger partial charge in [-0.05, 0) is 94.2 Å². The van der Waals surface area contributed by atoms with Crippen molar-refractivity contribution in [3.05, 3.63) is 71.9 Å². The third kappa shape index (κ3) is 6.39. The summed E-state index contributed by atoms with van der Waals surface area (Å²) in [6, 6.07) is 17.3. The molecule has 2 bridgehead atoms. The fraction of sp³-hybridized carbons (Fsp3) is 0.410. The van der Waals surface area contributed by atoms with Crippen LogP contribution in [0.4, 0.5) is 15.4 Å². The number of aromatic nitrogens is 4. The van der Waals surface area contributed by atoms with E-state index in [1.54, 1.807) is 51.1 Å². The summed E-state index contributed by atoms with van der Waals surface area (Å²) in [5.41, 5.74) is 4.13. The van der Waals surface area contributed by atoms with Crippen LogP contribution in [-0.4, -0.2) is 78.5 Å². The number of hydrogen-bond donors (Lipinski definition) is 3. The molecule has 3 amide bonds. The Kier molecular flexibility index (Phi) is 8.31. The lowest BCUT2D eigenvalue weighted by Crippen LogP contribution is -2.45. The topological polar surface area (TPSA) is 153 Å². The molecule has 2 saturated carbocycles. The number of pyridine rings is 1. The van der Waals surface area contributed by atoms with Crippen LogP contribution in [0.25, 0.3) is 33.5 Å². The Morgan fingerprint density at radius 3 is 2.52 bits per heavy atom. The van der Waals surface area contributed by atoms with Crippen LogP contribution < -0.4 is 15.4 Å². The van der Waals surface area contributed by atoms with Crippen molar-refractivity contribution in [1.82, 2.24) is 29.3 Å². The van der Waals surface area contributed by atoms with Crippen molar-refractivity contribution in [2.45, 2.75) is 77.2 Å². The van der Waals surface area contributed by atoms with Gasteiger partial charge in [0.1, 0.15) is 22.7 Å². The van der Waals surface area contributed by atoms with E-state index in [1.165, 1.54) is 12.8 Å². The van der Waals surface area contributed by atoms with Crippen LogP contribution in [0.1, 0.15) is 62.4 Å². The SMILES string of the molecule is COc1cc(C(=O)N2C[C@H]3CC[C@@H]2[C@@H]3NC(=O)O)cc2nc(-c3cc4ccccc4n3CC3CC3)n(Cc3ccc(NC(=O)OC(C)(C)C)nc3)c12. The Hall–Kier alpha value is -5.59. The number of carbonyl (C=O) groups excluding carboxylic acids is 2. The molecule has 0 unspecified atom stereocenters. The molecule has 0 radical (unpaired) electrons. The predicted molar refractivity (Wildman–Crippen MR) is 196 cm³/mol. The Bertz CT molecular complexity index is 2200. The van der Waals surface area contributed by atoms with Crippen LogP contribution in [0.5, 0.6) is 5.75 Å². The van der Waals surface area contributed by atoms with E-state index < -0.39 is 17.8 Å². The highest BCUT2D eigenvalue weighted by Gasteiger charge is 2.49. The largest absolute Gasteiger partial charge is 0.494 e. The first kappa shape index (κ1) is 33.5. The van der Waals surface area contributed by atoms with Crippen molar-refractivity contribution < 1.29 is 29.0 Å². The minimum Gasteiger partial charge on any atom is -0.494 e. The number of rotatable bonds is 9. The standard InChI is InChI=1S/C39H43N7O6/c1-39(2,3)52-38(50)42-32-14-11-23(18-40-32)20-46-34-27(41-35(46)30-16-24-7-5-6-8-28(24)44(30)19-22-9-10-22)15-26(17-31(34)51-4)36(47)45-21-25-12-13-29(45)33(25)43-37(48)49/h5-8,11,14-18,22,25,29,33,43H,9-10,12-13,19-21H2,1-4H3,(H,48,49)(H,40,42,50)/t25-,29-,33-/m1/s1. The average Bonchev–Trinajstić information content (AvgIpc) is 3.42. The summed E-state index contributed by atoms with van der Waals surface area (Å²) < 4.78 is 15.9. The number of nitrogens with zero attached hydrogens (tertiary/aromatic N) is 5. The summed E-state index contributed by atoms with van der Waals surface area (Å²) in [7, 11) is 1.59. The van der Waals surface area contributed by atoms with Crippen LogP contribution >= 0.6 is 0 Å². The number of benzene rings is 2. The van der Waals surface area contributed by atoms with E-state index in [1.807, 2.05) is 18.2 Å². The van der Waals surface area contributed by atoms with E-state index in [0.717, 1.165) is 52.9 Å². The molecule has 1 aliphatic heterocycles. The molecular weight excluding hydrogens is 662 g/mol. The maximum atomic E-state index is 14.1. The highest BCUT2D eigenvalue weighted by atomic mass is 16.6. The number of ether oxygens (including phenoxy) is 2. The fourth-order valence-corrected chi connectivity index (χ4v) is 7.95. The number of carbonyl (C=O) groups is 3. The van der Waals surface area contributed by atoms with Crippen molar-refractivity contribution in [3.63, 3.8) is 0 Å². The smallest absolute Gasteiger partial charge is 0.413 e. The van der Waals surface area contributed by atoms with E-state index >= 15 is 0 Å². The second-order valence-corrected chi connectivity index (χ2v) is 15.2. The minimum atomic E-state index is -1.07. The van der Waals surface area contributed by atoms with Crippen molar-refractivity contribution in [2.24, 2.45) is 11.8 Å². The number of para-hydroxylation sites is 1. The Balaban J connectivity index is 1.20. The third-order valence-electron chi connectivity index (χ3n) is 10.4. The van der Waals surface area contributed by atoms with Crippen LogP contribution in [0.15, 0.2) is 60.8 Å². The lowest BCUT2D eigenvalue weighted by molar-refractivity contribution is 0.0634. The van der Waals surface area contributed by atoms with Gasteiger partial charge in [0.25, 0.3) is 5.91 Å². The molecule has 52 heavy (non-hydrogen) atoms. The highest BCUT2D eigenvalue weighted by Crippen LogP contribution is 2.41. The van der Waals surface area contributed by atoms with E-state index in [0.29, 0.717) is 41.7 Å². The van der Waals surface area contributed by atoms with Gasteiger partial charge in [-0.2, -0.15) is 0 Å². The summed E-state index contributed by atoms with van der Waals surface area (Å²) >= 11 is 0. The second-order valence-electron chi connectivity index (χ2n) is 15.2. The molecule has 13 heteroatoms. The zero-order chi connectivity index (χ0) is 36.3. The first-order chi connectivity index (χ1) is 25.0. The van der Waals surface area contributed by atoms with Gasteiger partial charge >= 0.3 is 12.2 Å². The molecule has 0 spiro atoms. The van der Waals surface area contributed by atoms with Gasteiger partial charge < -0.3 is 33.9 Å². The molecule has 3 atom stereocenters. The van der Waals surface area contributed by atoms with Crippen LogP contribution in [0.2, 0.25) is 0 Å². The first-order valence-corrected chi connectivity index (χ1v) is 17.9. The van der Waals surface area contributed by atoms with Crippen molar-refractivity contribution in [3.8, 4) is 17.3 Å². The number of likely N-dealkylation sites (tertiary alicyclic amines) is 1. The molecule has 3 fully saturated rings. The molecular formula is C39H43N7O6. The number of piperidine rings is 1. The summed E-state index contributed by atoms with van der Waals surface area (Å²) in [6.45, 7) is 7.18. The molecule has 4 heterocycles. The minimum absolute atomic E-state index is 0.0919. The van der Waals surface area contributed by atoms with Gasteiger partial charge in [0.2, 0.25) is 0 Å². The Morgan fingerprint density at radius 1 is 1.00 bits per heavy atom. The Labute approximate surface area is 300 Å². The molecule has 2 aromatic carbocycles. The normalized spacial score (nSPS) is 19.7. The van der Waals surface area contributed by atoms with Crippen molar-refractivity contribution in [1.29, 1.82) is 0 Å². The van der Waals surface area contributed by atoms with E-state index in [4.69, 9.17) is 14.5 Å². The zero-order valence-corrected chi connectivity index (χ0v) is 29.8. The number of nitrogens with one attached hydrogen (secondary N) is 2. The molecule has 13 nitrogen and oxygen atoms in total. The molecule has 1 saturated heterocycles. The zero-order valence-electron chi connectivity index (χ0n) is 29.8. The van der Waals surface area contributed by atoms with Gasteiger partial charge in [-0.1, -0.05) is 24.3 Å². The number of carboxylic acid groups (broad SMARTS) is 1. The number of amides is 3. The maximum Gasteiger partial charge on any atom is 0.413 e. The summed E-state index contributed by atoms with van der Waals surface area (Å²) in [6.07, 6.45) is 4.10. The average molecular weight is 706 g/mol. The van der Waals surface area contributed by atoms with E-state index in [9.17, 15) is 19.5 Å². The summed E-state index contributed by atoms with van der Waals surface area (Å²) in [4.78, 5) is 49.6. The van der Waals surface area contributed by atoms with Gasteiger partial charge in [0.15, 0.2) is 5.82 Å². The quantitative estimate of drug-likeness (QED) is 0.153. The monoisotopic (exact) mass is 705 g/mol. The molecule has 270 valence electrons. The van der Waals surface area contributed by atoms with Crippen molar-refractivity contribution >= 4 is 45.8 Å². The number of anilines is 1. The second kappa shape index (κ2) is 12.9. The van der Waals surface area contributed by atoms with E-state index in [2.05, 4.69) is 49.0 Å². The van der Waals surface area contributed by atoms with Crippen LogP contribution in [0.3, 0.4) is 0 Å². The molecule has 5 aromatic rings. The number of imidazole rings is 1. The molecule has 3 aliphatic rings. The third-order valence-corrected chi connectivity index (χ3v) is 10.4. The number of methoxy groups -OCH3 is 1. The van der Waals surface area contributed by atoms with Crippen LogP contribution in [0, 0.1) is 11.8 Å². The lowest BCUT2D eigenvalue weighted by atomic mass is 10.1. The van der Waals surface area contributed by atoms with E-state index in [-0.39, 0.29) is 23.9 Å². The molecule has 3 N–H and O–H groups in total. The number of fused-ring (bicyclic) bond motifs is 4. The van der Waals surface area contributed by atoms with Gasteiger partial charge in [-0.3, -0.25) is 10.1 Å². The van der Waals surface area contributed by atoms with Gasteiger partial charge in [0, 0.05) is 35.8 Å². The fourth-order valence-electron chi connectivity index (χ4n) is 7.95. The first-order valence-electron chi connectivity index (χ1n) is 17.9. The number of hydrogen-bond acceptors (Lipinski definition) is 7. The maximum absolute atomic E-state index is 14.1. The predicted octanol–water partition coefficient (Wildman–Crippen LogP) is 6.74. The van der Waals surface area contributed by atoms with Gasteiger partial charge in [0.05, 0.1) is 36.9 Å². The molecule has 2 aliphatic carbocycles. The van der Waals surface area contributed by atoms with Crippen molar-refractivity contribution in [2.75, 3.05) is 19.0 Å².